The molecule has 1 aromatic carbocycles. The van der Waals surface area contributed by atoms with Crippen molar-refractivity contribution >= 4 is 16.1 Å². The van der Waals surface area contributed by atoms with Gasteiger partial charge in [-0.1, -0.05) is 37.3 Å². The van der Waals surface area contributed by atoms with Crippen LogP contribution in [0.1, 0.15) is 18.9 Å². The third-order valence-electron chi connectivity index (χ3n) is 3.94. The number of sulfonamides is 1. The first kappa shape index (κ1) is 17.7. The van der Waals surface area contributed by atoms with Crippen LogP contribution < -0.4 is 5.32 Å². The summed E-state index contributed by atoms with van der Waals surface area (Å²) in [7, 11) is -3.27. The zero-order valence-corrected chi connectivity index (χ0v) is 14.4. The summed E-state index contributed by atoms with van der Waals surface area (Å²) in [4.78, 5) is 13.6. The molecule has 0 aliphatic carbocycles. The van der Waals surface area contributed by atoms with E-state index in [4.69, 9.17) is 0 Å². The molecular weight excluding hydrogens is 314 g/mol. The van der Waals surface area contributed by atoms with Crippen LogP contribution in [0, 0.1) is 0 Å². The Labute approximate surface area is 138 Å². The number of hydrogen-bond acceptors (Lipinski definition) is 3. The second kappa shape index (κ2) is 8.31. The summed E-state index contributed by atoms with van der Waals surface area (Å²) >= 11 is 0. The van der Waals surface area contributed by atoms with Gasteiger partial charge in [0.15, 0.2) is 0 Å². The van der Waals surface area contributed by atoms with Crippen LogP contribution >= 0.6 is 0 Å². The summed E-state index contributed by atoms with van der Waals surface area (Å²) in [6.07, 6.45) is 1.40. The highest BCUT2D eigenvalue weighted by Crippen LogP contribution is 2.10. The van der Waals surface area contributed by atoms with Gasteiger partial charge in [-0.3, -0.25) is 0 Å². The van der Waals surface area contributed by atoms with Crippen molar-refractivity contribution in [1.29, 1.82) is 0 Å². The predicted octanol–water partition coefficient (Wildman–Crippen LogP) is 1.30. The van der Waals surface area contributed by atoms with E-state index >= 15 is 0 Å². The van der Waals surface area contributed by atoms with Gasteiger partial charge in [-0.25, -0.2) is 13.2 Å². The first-order valence-electron chi connectivity index (χ1n) is 8.07. The maximum absolute atomic E-state index is 12.4. The molecule has 1 aliphatic heterocycles. The molecule has 1 saturated heterocycles. The maximum Gasteiger partial charge on any atom is 0.317 e. The van der Waals surface area contributed by atoms with Crippen LogP contribution in [-0.2, 0) is 16.4 Å². The molecule has 1 fully saturated rings. The van der Waals surface area contributed by atoms with Gasteiger partial charge in [0.05, 0.1) is 5.75 Å². The molecule has 0 bridgehead atoms. The highest BCUT2D eigenvalue weighted by Gasteiger charge is 2.28. The largest absolute Gasteiger partial charge is 0.338 e. The van der Waals surface area contributed by atoms with Crippen LogP contribution in [0.2, 0.25) is 0 Å². The van der Waals surface area contributed by atoms with Gasteiger partial charge < -0.3 is 10.2 Å². The van der Waals surface area contributed by atoms with Gasteiger partial charge in [-0.2, -0.15) is 4.31 Å². The fraction of sp³-hybridized carbons (Fsp3) is 0.562. The zero-order chi connectivity index (χ0) is 16.7. The Morgan fingerprint density at radius 1 is 1.13 bits per heavy atom. The maximum atomic E-state index is 12.4. The lowest BCUT2D eigenvalue weighted by molar-refractivity contribution is 0.172. The third-order valence-corrected chi connectivity index (χ3v) is 5.81. The molecule has 0 radical (unpaired) electrons. The molecule has 0 spiro atoms. The van der Waals surface area contributed by atoms with Crippen LogP contribution in [0.3, 0.4) is 0 Å². The predicted molar refractivity (Wildman–Crippen MR) is 90.8 cm³/mol. The fourth-order valence-electron chi connectivity index (χ4n) is 2.53. The lowest BCUT2D eigenvalue weighted by atomic mass is 10.2. The number of carbonyl (C=O) groups is 1. The van der Waals surface area contributed by atoms with E-state index in [1.807, 2.05) is 37.3 Å². The second-order valence-electron chi connectivity index (χ2n) is 5.67. The minimum Gasteiger partial charge on any atom is -0.338 e. The number of aryl methyl sites for hydroxylation is 1. The third kappa shape index (κ3) is 5.21. The second-order valence-corrected chi connectivity index (χ2v) is 7.76. The van der Waals surface area contributed by atoms with E-state index in [1.54, 1.807) is 4.90 Å². The molecule has 1 aromatic rings. The first-order chi connectivity index (χ1) is 11.0. The standard InChI is InChI=1S/C16H25N3O3S/c1-2-9-17-16(20)18-10-12-19(13-11-18)23(21,22)14-8-15-6-4-3-5-7-15/h3-7H,2,8-14H2,1H3,(H,17,20). The molecule has 0 saturated carbocycles. The average molecular weight is 339 g/mol. The summed E-state index contributed by atoms with van der Waals surface area (Å²) in [5.74, 6) is 0.110. The lowest BCUT2D eigenvalue weighted by Crippen LogP contribution is -2.53. The molecule has 2 amide bonds. The number of hydrogen-bond donors (Lipinski definition) is 1. The summed E-state index contributed by atoms with van der Waals surface area (Å²) in [5, 5.41) is 2.82. The summed E-state index contributed by atoms with van der Waals surface area (Å²) in [6, 6.07) is 9.51. The van der Waals surface area contributed by atoms with E-state index in [9.17, 15) is 13.2 Å². The minimum atomic E-state index is -3.27. The lowest BCUT2D eigenvalue weighted by Gasteiger charge is -2.34. The number of piperazine rings is 1. The summed E-state index contributed by atoms with van der Waals surface area (Å²) in [5.41, 5.74) is 1.02. The van der Waals surface area contributed by atoms with Crippen molar-refractivity contribution in [3.05, 3.63) is 35.9 Å². The van der Waals surface area contributed by atoms with Crippen molar-refractivity contribution in [1.82, 2.24) is 14.5 Å². The van der Waals surface area contributed by atoms with E-state index in [2.05, 4.69) is 5.32 Å². The Balaban J connectivity index is 1.82. The van der Waals surface area contributed by atoms with Crippen molar-refractivity contribution < 1.29 is 13.2 Å². The van der Waals surface area contributed by atoms with Crippen LogP contribution in [0.15, 0.2) is 30.3 Å². The van der Waals surface area contributed by atoms with Gasteiger partial charge in [0.2, 0.25) is 10.0 Å². The van der Waals surface area contributed by atoms with Gasteiger partial charge in [-0.05, 0) is 18.4 Å². The molecule has 1 N–H and O–H groups in total. The monoisotopic (exact) mass is 339 g/mol. The molecule has 6 nitrogen and oxygen atoms in total. The van der Waals surface area contributed by atoms with Crippen molar-refractivity contribution in [2.75, 3.05) is 38.5 Å². The SMILES string of the molecule is CCCNC(=O)N1CCN(S(=O)(=O)CCc2ccccc2)CC1. The number of amides is 2. The highest BCUT2D eigenvalue weighted by molar-refractivity contribution is 7.89. The van der Waals surface area contributed by atoms with Crippen LogP contribution in [0.5, 0.6) is 0 Å². The van der Waals surface area contributed by atoms with Crippen molar-refractivity contribution in [3.8, 4) is 0 Å². The molecule has 1 aliphatic rings. The van der Waals surface area contributed by atoms with Crippen LogP contribution in [-0.4, -0.2) is 62.1 Å². The van der Waals surface area contributed by atoms with E-state index in [1.165, 1.54) is 4.31 Å². The van der Waals surface area contributed by atoms with E-state index in [0.29, 0.717) is 39.1 Å². The Morgan fingerprint density at radius 3 is 2.39 bits per heavy atom. The van der Waals surface area contributed by atoms with E-state index in [-0.39, 0.29) is 11.8 Å². The minimum absolute atomic E-state index is 0.104. The molecule has 0 aromatic heterocycles. The number of benzene rings is 1. The van der Waals surface area contributed by atoms with E-state index in [0.717, 1.165) is 12.0 Å². The molecule has 23 heavy (non-hydrogen) atoms. The van der Waals surface area contributed by atoms with Gasteiger partial charge in [0.1, 0.15) is 0 Å². The number of rotatable bonds is 6. The van der Waals surface area contributed by atoms with Crippen molar-refractivity contribution in [2.24, 2.45) is 0 Å². The van der Waals surface area contributed by atoms with Gasteiger partial charge in [-0.15, -0.1) is 0 Å². The zero-order valence-electron chi connectivity index (χ0n) is 13.6. The molecule has 128 valence electrons. The Hall–Kier alpha value is -1.60. The number of nitrogens with one attached hydrogen (secondary N) is 1. The summed E-state index contributed by atoms with van der Waals surface area (Å²) < 4.78 is 26.3. The Bertz CT molecular complexity index is 596. The quantitative estimate of drug-likeness (QED) is 0.849. The van der Waals surface area contributed by atoms with Gasteiger partial charge in [0, 0.05) is 32.7 Å². The number of nitrogens with zero attached hydrogens (tertiary/aromatic N) is 2. The topological polar surface area (TPSA) is 69.7 Å². The fourth-order valence-corrected chi connectivity index (χ4v) is 4.01. The average Bonchev–Trinajstić information content (AvgIpc) is 2.59. The van der Waals surface area contributed by atoms with Gasteiger partial charge in [0.25, 0.3) is 0 Å². The highest BCUT2D eigenvalue weighted by atomic mass is 32.2. The normalized spacial score (nSPS) is 16.3. The molecule has 0 unspecified atom stereocenters. The number of carbonyl (C=O) groups excluding carboxylic acids is 1. The van der Waals surface area contributed by atoms with Gasteiger partial charge >= 0.3 is 6.03 Å². The number of urea groups is 1. The summed E-state index contributed by atoms with van der Waals surface area (Å²) in [6.45, 7) is 4.28. The van der Waals surface area contributed by atoms with Crippen molar-refractivity contribution in [2.45, 2.75) is 19.8 Å². The van der Waals surface area contributed by atoms with E-state index < -0.39 is 10.0 Å². The molecular formula is C16H25N3O3S. The van der Waals surface area contributed by atoms with Crippen molar-refractivity contribution in [3.63, 3.8) is 0 Å². The smallest absolute Gasteiger partial charge is 0.317 e. The van der Waals surface area contributed by atoms with Crippen LogP contribution in [0.4, 0.5) is 4.79 Å². The Morgan fingerprint density at radius 2 is 1.78 bits per heavy atom. The molecule has 2 rings (SSSR count). The first-order valence-corrected chi connectivity index (χ1v) is 9.68. The molecule has 1 heterocycles. The molecule has 0 atom stereocenters. The van der Waals surface area contributed by atoms with Crippen LogP contribution in [0.25, 0.3) is 0 Å². The molecule has 7 heteroatoms. The Kier molecular flexibility index (Phi) is 6.41.